The third-order valence-electron chi connectivity index (χ3n) is 3.41. The summed E-state index contributed by atoms with van der Waals surface area (Å²) in [6.07, 6.45) is -1.41. The Balaban J connectivity index is 1.85. The average Bonchev–Trinajstić information content (AvgIpc) is 2.59. The van der Waals surface area contributed by atoms with Crippen molar-refractivity contribution in [2.75, 3.05) is 12.4 Å². The number of pyridine rings is 1. The molecule has 0 radical (unpaired) electrons. The molecule has 0 saturated carbocycles. The van der Waals surface area contributed by atoms with E-state index in [0.717, 1.165) is 6.07 Å². The van der Waals surface area contributed by atoms with Crippen molar-refractivity contribution in [1.82, 2.24) is 15.0 Å². The van der Waals surface area contributed by atoms with Crippen molar-refractivity contribution >= 4 is 17.0 Å². The van der Waals surface area contributed by atoms with Crippen molar-refractivity contribution in [2.45, 2.75) is 12.7 Å². The van der Waals surface area contributed by atoms with Gasteiger partial charge in [0, 0.05) is 18.9 Å². The van der Waals surface area contributed by atoms with E-state index in [0.29, 0.717) is 17.0 Å². The van der Waals surface area contributed by atoms with E-state index in [4.69, 9.17) is 4.74 Å². The van der Waals surface area contributed by atoms with Gasteiger partial charge < -0.3 is 10.1 Å². The summed E-state index contributed by atoms with van der Waals surface area (Å²) in [5.74, 6) is 0.581. The molecule has 3 rings (SSSR count). The second-order valence-corrected chi connectivity index (χ2v) is 4.97. The molecular weight excluding hydrogens is 321 g/mol. The zero-order valence-electron chi connectivity index (χ0n) is 12.6. The maximum absolute atomic E-state index is 13.2. The highest BCUT2D eigenvalue weighted by atomic mass is 19.4. The molecular formula is C16H13F3N4O. The largest absolute Gasteiger partial charge is 0.497 e. The number of aromatic nitrogens is 3. The minimum Gasteiger partial charge on any atom is -0.497 e. The van der Waals surface area contributed by atoms with Crippen molar-refractivity contribution in [3.05, 3.63) is 53.9 Å². The fourth-order valence-corrected chi connectivity index (χ4v) is 2.24. The molecule has 1 aromatic carbocycles. The molecule has 1 N–H and O–H groups in total. The molecule has 0 atom stereocenters. The van der Waals surface area contributed by atoms with E-state index in [1.807, 2.05) is 0 Å². The average molecular weight is 334 g/mol. The Kier molecular flexibility index (Phi) is 4.20. The first-order chi connectivity index (χ1) is 11.5. The summed E-state index contributed by atoms with van der Waals surface area (Å²) in [6, 6.07) is 7.21. The summed E-state index contributed by atoms with van der Waals surface area (Å²) in [7, 11) is 1.33. The van der Waals surface area contributed by atoms with Crippen LogP contribution in [0.4, 0.5) is 19.0 Å². The van der Waals surface area contributed by atoms with Gasteiger partial charge in [-0.15, -0.1) is 0 Å². The van der Waals surface area contributed by atoms with E-state index >= 15 is 0 Å². The number of benzene rings is 1. The van der Waals surface area contributed by atoms with Crippen LogP contribution in [0.25, 0.3) is 11.2 Å². The molecule has 2 heterocycles. The fourth-order valence-electron chi connectivity index (χ4n) is 2.24. The van der Waals surface area contributed by atoms with Crippen LogP contribution in [0.2, 0.25) is 0 Å². The van der Waals surface area contributed by atoms with Gasteiger partial charge in [0.1, 0.15) is 17.1 Å². The molecule has 8 heteroatoms. The summed E-state index contributed by atoms with van der Waals surface area (Å²) >= 11 is 0. The normalized spacial score (nSPS) is 11.5. The van der Waals surface area contributed by atoms with Crippen LogP contribution in [0.5, 0.6) is 5.75 Å². The van der Waals surface area contributed by atoms with Crippen LogP contribution in [0, 0.1) is 0 Å². The van der Waals surface area contributed by atoms with Crippen LogP contribution in [0.15, 0.2) is 42.7 Å². The monoisotopic (exact) mass is 334 g/mol. The highest BCUT2D eigenvalue weighted by Crippen LogP contribution is 2.34. The molecule has 0 aliphatic carbocycles. The SMILES string of the molecule is COc1ccc(CNc2ccc3nccnc3n2)c(C(F)(F)F)c1. The number of fused-ring (bicyclic) bond motifs is 1. The first-order valence-electron chi connectivity index (χ1n) is 7.03. The molecule has 0 amide bonds. The van der Waals surface area contributed by atoms with Crippen molar-refractivity contribution in [1.29, 1.82) is 0 Å². The Morgan fingerprint density at radius 2 is 1.88 bits per heavy atom. The quantitative estimate of drug-likeness (QED) is 0.789. The van der Waals surface area contributed by atoms with E-state index in [9.17, 15) is 13.2 Å². The number of nitrogens with zero attached hydrogens (tertiary/aromatic N) is 3. The molecule has 0 fully saturated rings. The number of anilines is 1. The van der Waals surface area contributed by atoms with Crippen molar-refractivity contribution in [3.8, 4) is 5.75 Å². The Labute approximate surface area is 135 Å². The number of hydrogen-bond acceptors (Lipinski definition) is 5. The highest BCUT2D eigenvalue weighted by Gasteiger charge is 2.33. The van der Waals surface area contributed by atoms with Gasteiger partial charge in [-0.25, -0.2) is 9.97 Å². The van der Waals surface area contributed by atoms with Gasteiger partial charge in [0.05, 0.1) is 12.7 Å². The molecule has 0 aliphatic heterocycles. The molecule has 124 valence electrons. The van der Waals surface area contributed by atoms with Crippen LogP contribution in [0.1, 0.15) is 11.1 Å². The van der Waals surface area contributed by atoms with Crippen LogP contribution < -0.4 is 10.1 Å². The predicted molar refractivity (Wildman–Crippen MR) is 82.7 cm³/mol. The van der Waals surface area contributed by atoms with Crippen molar-refractivity contribution in [2.24, 2.45) is 0 Å². The van der Waals surface area contributed by atoms with Gasteiger partial charge in [-0.05, 0) is 29.8 Å². The van der Waals surface area contributed by atoms with Gasteiger partial charge >= 0.3 is 6.18 Å². The lowest BCUT2D eigenvalue weighted by atomic mass is 10.1. The predicted octanol–water partition coefficient (Wildman–Crippen LogP) is 3.66. The maximum atomic E-state index is 13.2. The standard InChI is InChI=1S/C16H13F3N4O/c1-24-11-3-2-10(12(8-11)16(17,18)19)9-22-14-5-4-13-15(23-14)21-7-6-20-13/h2-8H,9H2,1H3,(H,21,22,23). The highest BCUT2D eigenvalue weighted by molar-refractivity contribution is 5.71. The van der Waals surface area contributed by atoms with E-state index in [1.165, 1.54) is 25.4 Å². The number of hydrogen-bond donors (Lipinski definition) is 1. The van der Waals surface area contributed by atoms with E-state index in [2.05, 4.69) is 20.3 Å². The number of nitrogens with one attached hydrogen (secondary N) is 1. The second kappa shape index (κ2) is 6.31. The smallest absolute Gasteiger partial charge is 0.416 e. The van der Waals surface area contributed by atoms with Gasteiger partial charge in [0.2, 0.25) is 0 Å². The summed E-state index contributed by atoms with van der Waals surface area (Å²) in [4.78, 5) is 12.4. The third-order valence-corrected chi connectivity index (χ3v) is 3.41. The number of methoxy groups -OCH3 is 1. The lowest BCUT2D eigenvalue weighted by Crippen LogP contribution is -2.12. The van der Waals surface area contributed by atoms with Crippen LogP contribution in [-0.4, -0.2) is 22.1 Å². The first kappa shape index (κ1) is 16.0. The number of ether oxygens (including phenoxy) is 1. The van der Waals surface area contributed by atoms with E-state index in [1.54, 1.807) is 18.3 Å². The zero-order valence-corrected chi connectivity index (χ0v) is 12.6. The third kappa shape index (κ3) is 3.37. The number of halogens is 3. The van der Waals surface area contributed by atoms with E-state index < -0.39 is 11.7 Å². The van der Waals surface area contributed by atoms with E-state index in [-0.39, 0.29) is 17.9 Å². The van der Waals surface area contributed by atoms with Gasteiger partial charge in [-0.3, -0.25) is 4.98 Å². The molecule has 0 unspecified atom stereocenters. The Morgan fingerprint density at radius 1 is 1.08 bits per heavy atom. The fraction of sp³-hybridized carbons (Fsp3) is 0.188. The molecule has 0 saturated heterocycles. The number of rotatable bonds is 4. The summed E-state index contributed by atoms with van der Waals surface area (Å²) in [6.45, 7) is -0.0302. The molecule has 24 heavy (non-hydrogen) atoms. The second-order valence-electron chi connectivity index (χ2n) is 4.97. The summed E-state index contributed by atoms with van der Waals surface area (Å²) in [5, 5.41) is 2.88. The lowest BCUT2D eigenvalue weighted by molar-refractivity contribution is -0.138. The van der Waals surface area contributed by atoms with Gasteiger partial charge in [-0.2, -0.15) is 13.2 Å². The van der Waals surface area contributed by atoms with Crippen LogP contribution >= 0.6 is 0 Å². The minimum atomic E-state index is -4.46. The van der Waals surface area contributed by atoms with Crippen molar-refractivity contribution in [3.63, 3.8) is 0 Å². The topological polar surface area (TPSA) is 59.9 Å². The molecule has 5 nitrogen and oxygen atoms in total. The summed E-state index contributed by atoms with van der Waals surface area (Å²) in [5.41, 5.74) is 0.399. The number of alkyl halides is 3. The van der Waals surface area contributed by atoms with Crippen LogP contribution in [0.3, 0.4) is 0 Å². The Bertz CT molecular complexity index is 867. The van der Waals surface area contributed by atoms with Gasteiger partial charge in [-0.1, -0.05) is 6.07 Å². The van der Waals surface area contributed by atoms with Gasteiger partial charge in [0.15, 0.2) is 5.65 Å². The maximum Gasteiger partial charge on any atom is 0.416 e. The molecule has 0 bridgehead atoms. The van der Waals surface area contributed by atoms with Gasteiger partial charge in [0.25, 0.3) is 0 Å². The zero-order chi connectivity index (χ0) is 17.2. The first-order valence-corrected chi connectivity index (χ1v) is 7.03. The molecule has 2 aromatic heterocycles. The minimum absolute atomic E-state index is 0.0302. The molecule has 0 aliphatic rings. The van der Waals surface area contributed by atoms with Crippen LogP contribution in [-0.2, 0) is 12.7 Å². The Hall–Kier alpha value is -2.90. The molecule has 3 aromatic rings. The Morgan fingerprint density at radius 3 is 2.62 bits per heavy atom. The lowest BCUT2D eigenvalue weighted by Gasteiger charge is -2.15. The summed E-state index contributed by atoms with van der Waals surface area (Å²) < 4.78 is 44.4. The van der Waals surface area contributed by atoms with Crippen molar-refractivity contribution < 1.29 is 17.9 Å². The molecule has 0 spiro atoms.